The van der Waals surface area contributed by atoms with Gasteiger partial charge in [0, 0.05) is 37.9 Å². The molecule has 10 heteroatoms. The molecule has 0 bridgehead atoms. The number of rotatable bonds is 4. The number of nitrogens with one attached hydrogen (secondary N) is 3. The molecule has 2 aromatic heterocycles. The number of fused-ring (bicyclic) bond motifs is 1. The molecule has 32 heavy (non-hydrogen) atoms. The van der Waals surface area contributed by atoms with Crippen molar-refractivity contribution in [1.82, 2.24) is 30.4 Å². The second-order valence-electron chi connectivity index (χ2n) is 8.08. The number of carbonyl (C=O) groups excluding carboxylic acids is 1. The Morgan fingerprint density at radius 1 is 1.19 bits per heavy atom. The van der Waals surface area contributed by atoms with E-state index in [9.17, 15) is 4.79 Å². The smallest absolute Gasteiger partial charge is 0.318 e. The largest absolute Gasteiger partial charge is 0.378 e. The lowest BCUT2D eigenvalue weighted by Crippen LogP contribution is -2.37. The molecular formula is C22H28N8O2. The average Bonchev–Trinajstić information content (AvgIpc) is 3.29. The zero-order valence-corrected chi connectivity index (χ0v) is 18.2. The SMILES string of the molecule is CNC(=O)Nc1ccc(-c2nc(N3CCOCC3)c3cnn([C@@H]4CCCNC4)c3n2)cc1. The molecule has 2 amide bonds. The molecule has 0 unspecified atom stereocenters. The van der Waals surface area contributed by atoms with Crippen molar-refractivity contribution in [3.63, 3.8) is 0 Å². The van der Waals surface area contributed by atoms with Crippen molar-refractivity contribution in [1.29, 1.82) is 0 Å². The van der Waals surface area contributed by atoms with Crippen LogP contribution in [0, 0.1) is 0 Å². The highest BCUT2D eigenvalue weighted by atomic mass is 16.5. The van der Waals surface area contributed by atoms with E-state index in [4.69, 9.17) is 19.8 Å². The van der Waals surface area contributed by atoms with Gasteiger partial charge in [-0.05, 0) is 43.7 Å². The Morgan fingerprint density at radius 2 is 2.00 bits per heavy atom. The Bertz CT molecular complexity index is 1090. The third kappa shape index (κ3) is 4.11. The number of ether oxygens (including phenoxy) is 1. The van der Waals surface area contributed by atoms with Gasteiger partial charge in [-0.1, -0.05) is 0 Å². The van der Waals surface area contributed by atoms with E-state index in [1.54, 1.807) is 7.05 Å². The van der Waals surface area contributed by atoms with E-state index in [0.717, 1.165) is 61.4 Å². The maximum atomic E-state index is 11.6. The van der Waals surface area contributed by atoms with E-state index >= 15 is 0 Å². The van der Waals surface area contributed by atoms with Crippen LogP contribution in [-0.4, -0.2) is 72.2 Å². The highest BCUT2D eigenvalue weighted by Crippen LogP contribution is 2.31. The fraction of sp³-hybridized carbons (Fsp3) is 0.455. The molecular weight excluding hydrogens is 408 g/mol. The van der Waals surface area contributed by atoms with E-state index in [1.807, 2.05) is 30.5 Å². The first-order chi connectivity index (χ1) is 15.7. The van der Waals surface area contributed by atoms with Crippen LogP contribution in [0.1, 0.15) is 18.9 Å². The summed E-state index contributed by atoms with van der Waals surface area (Å²) in [5, 5.41) is 14.5. The number of benzene rings is 1. The number of anilines is 2. The van der Waals surface area contributed by atoms with Crippen LogP contribution in [0.4, 0.5) is 16.3 Å². The Balaban J connectivity index is 1.56. The zero-order valence-electron chi connectivity index (χ0n) is 18.2. The highest BCUT2D eigenvalue weighted by Gasteiger charge is 2.24. The van der Waals surface area contributed by atoms with E-state index in [1.165, 1.54) is 0 Å². The van der Waals surface area contributed by atoms with Crippen molar-refractivity contribution in [2.24, 2.45) is 0 Å². The summed E-state index contributed by atoms with van der Waals surface area (Å²) >= 11 is 0. The Kier molecular flexibility index (Phi) is 5.87. The summed E-state index contributed by atoms with van der Waals surface area (Å²) in [6.07, 6.45) is 4.10. The first-order valence-corrected chi connectivity index (χ1v) is 11.1. The number of nitrogens with zero attached hydrogens (tertiary/aromatic N) is 5. The predicted molar refractivity (Wildman–Crippen MR) is 123 cm³/mol. The Morgan fingerprint density at radius 3 is 2.72 bits per heavy atom. The third-order valence-corrected chi connectivity index (χ3v) is 5.99. The third-order valence-electron chi connectivity index (χ3n) is 5.99. The van der Waals surface area contributed by atoms with E-state index in [-0.39, 0.29) is 12.1 Å². The molecule has 3 aromatic rings. The molecule has 2 aliphatic heterocycles. The quantitative estimate of drug-likeness (QED) is 0.574. The number of piperidine rings is 1. The van der Waals surface area contributed by atoms with Crippen LogP contribution < -0.4 is 20.9 Å². The van der Waals surface area contributed by atoms with Gasteiger partial charge in [-0.25, -0.2) is 19.4 Å². The van der Waals surface area contributed by atoms with Crippen molar-refractivity contribution in [2.45, 2.75) is 18.9 Å². The molecule has 5 rings (SSSR count). The van der Waals surface area contributed by atoms with Gasteiger partial charge in [0.1, 0.15) is 5.82 Å². The maximum Gasteiger partial charge on any atom is 0.318 e. The van der Waals surface area contributed by atoms with Gasteiger partial charge >= 0.3 is 6.03 Å². The van der Waals surface area contributed by atoms with Crippen LogP contribution in [0.25, 0.3) is 22.4 Å². The average molecular weight is 437 g/mol. The fourth-order valence-corrected chi connectivity index (χ4v) is 4.26. The summed E-state index contributed by atoms with van der Waals surface area (Å²) in [6, 6.07) is 7.59. The number of amides is 2. The second-order valence-corrected chi connectivity index (χ2v) is 8.08. The van der Waals surface area contributed by atoms with Gasteiger partial charge in [0.25, 0.3) is 0 Å². The minimum absolute atomic E-state index is 0.255. The minimum atomic E-state index is -0.255. The Labute approximate surface area is 186 Å². The summed E-state index contributed by atoms with van der Waals surface area (Å²) in [5.74, 6) is 1.55. The zero-order chi connectivity index (χ0) is 21.9. The summed E-state index contributed by atoms with van der Waals surface area (Å²) in [7, 11) is 1.59. The van der Waals surface area contributed by atoms with E-state index in [2.05, 4.69) is 25.5 Å². The molecule has 0 spiro atoms. The molecule has 2 aliphatic rings. The highest BCUT2D eigenvalue weighted by molar-refractivity contribution is 5.90. The molecule has 1 atom stereocenters. The van der Waals surface area contributed by atoms with Gasteiger partial charge in [-0.15, -0.1) is 0 Å². The number of aromatic nitrogens is 4. The van der Waals surface area contributed by atoms with Crippen LogP contribution >= 0.6 is 0 Å². The van der Waals surface area contributed by atoms with Crippen LogP contribution in [0.15, 0.2) is 30.5 Å². The van der Waals surface area contributed by atoms with Crippen molar-refractivity contribution < 1.29 is 9.53 Å². The second kappa shape index (κ2) is 9.09. The lowest BCUT2D eigenvalue weighted by atomic mass is 10.1. The topological polar surface area (TPSA) is 109 Å². The van der Waals surface area contributed by atoms with Crippen LogP contribution in [-0.2, 0) is 4.74 Å². The maximum absolute atomic E-state index is 11.6. The molecule has 2 fully saturated rings. The lowest BCUT2D eigenvalue weighted by Gasteiger charge is -2.28. The van der Waals surface area contributed by atoms with Gasteiger partial charge in [0.2, 0.25) is 0 Å². The number of morpholine rings is 1. The summed E-state index contributed by atoms with van der Waals surface area (Å²) in [6.45, 7) is 4.88. The molecule has 3 N–H and O–H groups in total. The van der Waals surface area contributed by atoms with Crippen molar-refractivity contribution in [3.8, 4) is 11.4 Å². The van der Waals surface area contributed by atoms with Gasteiger partial charge < -0.3 is 25.6 Å². The number of hydrogen-bond acceptors (Lipinski definition) is 7. The molecule has 4 heterocycles. The fourth-order valence-electron chi connectivity index (χ4n) is 4.26. The molecule has 0 aliphatic carbocycles. The number of hydrogen-bond donors (Lipinski definition) is 3. The van der Waals surface area contributed by atoms with E-state index in [0.29, 0.717) is 24.7 Å². The van der Waals surface area contributed by atoms with Gasteiger partial charge in [-0.3, -0.25) is 0 Å². The van der Waals surface area contributed by atoms with Crippen LogP contribution in [0.5, 0.6) is 0 Å². The monoisotopic (exact) mass is 436 g/mol. The molecule has 10 nitrogen and oxygen atoms in total. The molecule has 2 saturated heterocycles. The normalized spacial score (nSPS) is 19.2. The van der Waals surface area contributed by atoms with Gasteiger partial charge in [-0.2, -0.15) is 5.10 Å². The molecule has 0 radical (unpaired) electrons. The number of carbonyl (C=O) groups is 1. The first-order valence-electron chi connectivity index (χ1n) is 11.1. The molecule has 1 aromatic carbocycles. The first kappa shape index (κ1) is 20.7. The van der Waals surface area contributed by atoms with Crippen LogP contribution in [0.3, 0.4) is 0 Å². The predicted octanol–water partition coefficient (Wildman–Crippen LogP) is 2.01. The molecule has 0 saturated carbocycles. The van der Waals surface area contributed by atoms with E-state index < -0.39 is 0 Å². The lowest BCUT2D eigenvalue weighted by molar-refractivity contribution is 0.122. The standard InChI is InChI=1S/C22H28N8O2/c1-23-22(31)26-16-6-4-15(5-7-16)19-27-20(29-9-11-32-12-10-29)18-14-25-30(21(18)28-19)17-3-2-8-24-13-17/h4-7,14,17,24H,2-3,8-13H2,1H3,(H2,23,26,31)/t17-/m1/s1. The molecule has 168 valence electrons. The van der Waals surface area contributed by atoms with Crippen LogP contribution in [0.2, 0.25) is 0 Å². The van der Waals surface area contributed by atoms with Crippen molar-refractivity contribution in [3.05, 3.63) is 30.5 Å². The van der Waals surface area contributed by atoms with Gasteiger partial charge in [0.15, 0.2) is 11.5 Å². The Hall–Kier alpha value is -3.24. The van der Waals surface area contributed by atoms with Gasteiger partial charge in [0.05, 0.1) is 30.8 Å². The number of urea groups is 1. The summed E-state index contributed by atoms with van der Waals surface area (Å²) in [5.41, 5.74) is 2.46. The summed E-state index contributed by atoms with van der Waals surface area (Å²) < 4.78 is 7.60. The minimum Gasteiger partial charge on any atom is -0.378 e. The van der Waals surface area contributed by atoms with Crippen molar-refractivity contribution in [2.75, 3.05) is 56.7 Å². The summed E-state index contributed by atoms with van der Waals surface area (Å²) in [4.78, 5) is 23.7. The van der Waals surface area contributed by atoms with Crippen molar-refractivity contribution >= 4 is 28.6 Å².